The van der Waals surface area contributed by atoms with E-state index < -0.39 is 58.7 Å². The summed E-state index contributed by atoms with van der Waals surface area (Å²) in [4.78, 5) is 26.1. The van der Waals surface area contributed by atoms with Gasteiger partial charge in [0.25, 0.3) is 0 Å². The van der Waals surface area contributed by atoms with Crippen LogP contribution < -0.4 is 5.32 Å². The second-order valence-corrected chi connectivity index (χ2v) is 6.58. The third kappa shape index (κ3) is 3.54. The average Bonchev–Trinajstić information content (AvgIpc) is 3.15. The number of hydrogen-bond donors (Lipinski definition) is 1. The number of aromatic nitrogens is 2. The van der Waals surface area contributed by atoms with E-state index in [0.29, 0.717) is 10.7 Å². The van der Waals surface area contributed by atoms with Gasteiger partial charge in [-0.25, -0.2) is 13.2 Å². The van der Waals surface area contributed by atoms with Crippen molar-refractivity contribution in [2.24, 2.45) is 13.0 Å². The highest BCUT2D eigenvalue weighted by atomic mass is 19.4. The van der Waals surface area contributed by atoms with E-state index in [0.717, 1.165) is 24.2 Å². The van der Waals surface area contributed by atoms with Gasteiger partial charge in [0, 0.05) is 32.1 Å². The smallest absolute Gasteiger partial charge is 0.344 e. The van der Waals surface area contributed by atoms with Crippen molar-refractivity contribution in [3.63, 3.8) is 0 Å². The van der Waals surface area contributed by atoms with Crippen molar-refractivity contribution < 1.29 is 35.9 Å². The molecule has 0 radical (unpaired) electrons. The van der Waals surface area contributed by atoms with Crippen LogP contribution in [-0.4, -0.2) is 40.1 Å². The van der Waals surface area contributed by atoms with E-state index in [4.69, 9.17) is 0 Å². The number of rotatable bonds is 3. The van der Waals surface area contributed by atoms with Gasteiger partial charge in [0.2, 0.25) is 11.8 Å². The minimum Gasteiger partial charge on any atom is -0.344 e. The Kier molecular flexibility index (Phi) is 5.05. The summed E-state index contributed by atoms with van der Waals surface area (Å²) in [5.74, 6) is -9.82. The molecule has 0 spiro atoms. The lowest BCUT2D eigenvalue weighted by Crippen LogP contribution is -2.33. The molecular formula is C17H14F6N4O2. The van der Waals surface area contributed by atoms with E-state index in [-0.39, 0.29) is 12.1 Å². The molecular weight excluding hydrogens is 406 g/mol. The Hall–Kier alpha value is -3.05. The largest absolute Gasteiger partial charge is 0.433 e. The van der Waals surface area contributed by atoms with Crippen LogP contribution in [0.1, 0.15) is 17.2 Å². The lowest BCUT2D eigenvalue weighted by Gasteiger charge is -2.18. The number of likely N-dealkylation sites (N-methyl/N-ethyl adjacent to an activating group) is 1. The molecule has 0 unspecified atom stereocenters. The summed E-state index contributed by atoms with van der Waals surface area (Å²) in [5.41, 5.74) is -2.23. The van der Waals surface area contributed by atoms with Gasteiger partial charge in [0.05, 0.1) is 11.9 Å². The number of aryl methyl sites for hydroxylation is 1. The first-order valence-corrected chi connectivity index (χ1v) is 8.22. The number of likely N-dealkylation sites (tertiary alicyclic amines) is 1. The molecule has 3 rings (SSSR count). The predicted octanol–water partition coefficient (Wildman–Crippen LogP) is 2.67. The maximum Gasteiger partial charge on any atom is 0.433 e. The summed E-state index contributed by atoms with van der Waals surface area (Å²) in [6.07, 6.45) is -3.88. The molecule has 2 amide bonds. The lowest BCUT2D eigenvalue weighted by atomic mass is 9.87. The Labute approximate surface area is 160 Å². The molecule has 1 aromatic heterocycles. The van der Waals surface area contributed by atoms with Crippen LogP contribution >= 0.6 is 0 Å². The zero-order valence-electron chi connectivity index (χ0n) is 15.0. The van der Waals surface area contributed by atoms with Gasteiger partial charge in [-0.2, -0.15) is 18.3 Å². The van der Waals surface area contributed by atoms with Crippen molar-refractivity contribution in [1.82, 2.24) is 14.7 Å². The normalized spacial score (nSPS) is 19.7. The molecule has 2 atom stereocenters. The molecule has 12 heteroatoms. The van der Waals surface area contributed by atoms with Crippen LogP contribution in [0.2, 0.25) is 0 Å². The molecule has 6 nitrogen and oxygen atoms in total. The van der Waals surface area contributed by atoms with Crippen molar-refractivity contribution >= 4 is 17.5 Å². The molecule has 1 saturated heterocycles. The van der Waals surface area contributed by atoms with Crippen LogP contribution in [-0.2, 0) is 22.8 Å². The summed E-state index contributed by atoms with van der Waals surface area (Å²) in [6.45, 7) is -0.216. The van der Waals surface area contributed by atoms with E-state index >= 15 is 0 Å². The monoisotopic (exact) mass is 420 g/mol. The molecule has 156 valence electrons. The third-order valence-corrected chi connectivity index (χ3v) is 4.73. The van der Waals surface area contributed by atoms with Crippen molar-refractivity contribution in [1.29, 1.82) is 0 Å². The van der Waals surface area contributed by atoms with E-state index in [9.17, 15) is 35.9 Å². The molecule has 2 heterocycles. The van der Waals surface area contributed by atoms with Crippen LogP contribution in [0.4, 0.5) is 32.0 Å². The summed E-state index contributed by atoms with van der Waals surface area (Å²) >= 11 is 0. The quantitative estimate of drug-likeness (QED) is 0.472. The zero-order valence-corrected chi connectivity index (χ0v) is 15.0. The molecule has 1 aliphatic heterocycles. The highest BCUT2D eigenvalue weighted by molar-refractivity contribution is 6.08. The van der Waals surface area contributed by atoms with Crippen molar-refractivity contribution in [3.8, 4) is 0 Å². The zero-order chi connectivity index (χ0) is 21.7. The molecule has 2 aromatic rings. The van der Waals surface area contributed by atoms with Gasteiger partial charge in [0.15, 0.2) is 17.5 Å². The van der Waals surface area contributed by atoms with Gasteiger partial charge >= 0.3 is 6.18 Å². The fourth-order valence-corrected chi connectivity index (χ4v) is 3.38. The number of anilines is 1. The summed E-state index contributed by atoms with van der Waals surface area (Å²) in [7, 11) is 2.36. The second kappa shape index (κ2) is 7.08. The first-order valence-electron chi connectivity index (χ1n) is 8.22. The average molecular weight is 420 g/mol. The van der Waals surface area contributed by atoms with E-state index in [2.05, 4.69) is 5.10 Å². The molecule has 0 bridgehead atoms. The molecule has 1 aromatic carbocycles. The fourth-order valence-electron chi connectivity index (χ4n) is 3.38. The number of nitrogens with zero attached hydrogens (tertiary/aromatic N) is 3. The van der Waals surface area contributed by atoms with Gasteiger partial charge in [-0.1, -0.05) is 0 Å². The number of amides is 2. The second-order valence-electron chi connectivity index (χ2n) is 6.58. The minimum atomic E-state index is -4.79. The standard InChI is InChI=1S/C17H14F6N4O2/c1-26-6-8(7-5-24-27(2)14(7)17(21,22)23)11(16(26)29)15(28)25-10-4-3-9(18)12(19)13(10)20/h3-5,8,11H,6H2,1-2H3,(H,25,28)/t8-,11+/m1/s1. The maximum atomic E-state index is 13.8. The SMILES string of the molecule is CN1C[C@H](c2cnn(C)c2C(F)(F)F)[C@@H](C(=O)Nc2ccc(F)c(F)c2F)C1=O. The minimum absolute atomic E-state index is 0.216. The van der Waals surface area contributed by atoms with Gasteiger partial charge < -0.3 is 10.2 Å². The maximum absolute atomic E-state index is 13.8. The van der Waals surface area contributed by atoms with Crippen LogP contribution in [0.3, 0.4) is 0 Å². The molecule has 0 aliphatic carbocycles. The number of hydrogen-bond acceptors (Lipinski definition) is 3. The van der Waals surface area contributed by atoms with Crippen LogP contribution in [0.5, 0.6) is 0 Å². The van der Waals surface area contributed by atoms with E-state index in [1.54, 1.807) is 0 Å². The Morgan fingerprint density at radius 3 is 2.45 bits per heavy atom. The van der Waals surface area contributed by atoms with Gasteiger partial charge in [-0.05, 0) is 12.1 Å². The van der Waals surface area contributed by atoms with Gasteiger partial charge in [-0.15, -0.1) is 0 Å². The lowest BCUT2D eigenvalue weighted by molar-refractivity contribution is -0.145. The Bertz CT molecular complexity index is 987. The molecule has 1 fully saturated rings. The Balaban J connectivity index is 1.98. The number of carbonyl (C=O) groups is 2. The van der Waals surface area contributed by atoms with Crippen LogP contribution in [0.25, 0.3) is 0 Å². The number of alkyl halides is 3. The van der Waals surface area contributed by atoms with Gasteiger partial charge in [0.1, 0.15) is 11.6 Å². The molecule has 1 N–H and O–H groups in total. The van der Waals surface area contributed by atoms with Crippen molar-refractivity contribution in [2.75, 3.05) is 18.9 Å². The van der Waals surface area contributed by atoms with Crippen LogP contribution in [0.15, 0.2) is 18.3 Å². The Morgan fingerprint density at radius 2 is 1.83 bits per heavy atom. The molecule has 0 saturated carbocycles. The number of benzene rings is 1. The Morgan fingerprint density at radius 1 is 1.17 bits per heavy atom. The summed E-state index contributed by atoms with van der Waals surface area (Å²) in [5, 5.41) is 5.53. The summed E-state index contributed by atoms with van der Waals surface area (Å²) in [6, 6.07) is 1.31. The van der Waals surface area contributed by atoms with Crippen molar-refractivity contribution in [3.05, 3.63) is 47.0 Å². The third-order valence-electron chi connectivity index (χ3n) is 4.73. The van der Waals surface area contributed by atoms with Gasteiger partial charge in [-0.3, -0.25) is 14.3 Å². The van der Waals surface area contributed by atoms with E-state index in [1.807, 2.05) is 5.32 Å². The number of halogens is 6. The molecule has 29 heavy (non-hydrogen) atoms. The highest BCUT2D eigenvalue weighted by Gasteiger charge is 2.49. The van der Waals surface area contributed by atoms with Crippen molar-refractivity contribution in [2.45, 2.75) is 12.1 Å². The summed E-state index contributed by atoms with van der Waals surface area (Å²) < 4.78 is 81.1. The highest BCUT2D eigenvalue weighted by Crippen LogP contribution is 2.41. The molecule has 1 aliphatic rings. The predicted molar refractivity (Wildman–Crippen MR) is 87.0 cm³/mol. The first kappa shape index (κ1) is 20.7. The number of carbonyl (C=O) groups excluding carboxylic acids is 2. The van der Waals surface area contributed by atoms with Crippen LogP contribution in [0, 0.1) is 23.4 Å². The van der Waals surface area contributed by atoms with E-state index in [1.165, 1.54) is 7.05 Å². The number of nitrogens with one attached hydrogen (secondary N) is 1. The first-order chi connectivity index (χ1) is 13.4. The fraction of sp³-hybridized carbons (Fsp3) is 0.353. The topological polar surface area (TPSA) is 67.2 Å².